The zero-order chi connectivity index (χ0) is 24.9. The molecular formula is C25H23N5O4S. The molecule has 0 amide bonds. The topological polar surface area (TPSA) is 100 Å². The Bertz CT molecular complexity index is 1590. The molecule has 1 aliphatic rings. The van der Waals surface area contributed by atoms with Crippen molar-refractivity contribution in [3.63, 3.8) is 0 Å². The Morgan fingerprint density at radius 2 is 1.83 bits per heavy atom. The van der Waals surface area contributed by atoms with Gasteiger partial charge in [-0.3, -0.25) is 13.9 Å². The van der Waals surface area contributed by atoms with E-state index in [1.54, 1.807) is 18.7 Å². The number of hydrogen-bond donors (Lipinski definition) is 1. The number of para-hydroxylation sites is 1. The summed E-state index contributed by atoms with van der Waals surface area (Å²) >= 11 is 1.51. The number of esters is 1. The van der Waals surface area contributed by atoms with Crippen LogP contribution in [0.3, 0.4) is 0 Å². The van der Waals surface area contributed by atoms with Crippen LogP contribution in [0.4, 0.5) is 5.82 Å². The number of carbonyl (C=O) groups is 1. The molecule has 5 rings (SSSR count). The first-order valence-electron chi connectivity index (χ1n) is 10.9. The predicted molar refractivity (Wildman–Crippen MR) is 134 cm³/mol. The number of nitrogens with one attached hydrogen (secondary N) is 1. The van der Waals surface area contributed by atoms with Crippen LogP contribution in [0.1, 0.15) is 24.0 Å². The number of allylic oxidation sites excluding steroid dienone is 1. The molecule has 9 nitrogen and oxygen atoms in total. The van der Waals surface area contributed by atoms with Crippen molar-refractivity contribution < 1.29 is 9.53 Å². The lowest BCUT2D eigenvalue weighted by molar-refractivity contribution is -0.136. The molecule has 178 valence electrons. The average Bonchev–Trinajstić information content (AvgIpc) is 3.56. The summed E-state index contributed by atoms with van der Waals surface area (Å²) in [6, 6.07) is 13.5. The molecule has 1 N–H and O–H groups in total. The highest BCUT2D eigenvalue weighted by Crippen LogP contribution is 2.44. The minimum absolute atomic E-state index is 0.283. The molecule has 3 aromatic heterocycles. The van der Waals surface area contributed by atoms with Gasteiger partial charge in [0.15, 0.2) is 0 Å². The second kappa shape index (κ2) is 8.55. The number of rotatable bonds is 4. The summed E-state index contributed by atoms with van der Waals surface area (Å²) in [4.78, 5) is 40.2. The van der Waals surface area contributed by atoms with Crippen LogP contribution in [-0.2, 0) is 23.6 Å². The fourth-order valence-corrected chi connectivity index (χ4v) is 5.23. The number of methoxy groups -OCH3 is 1. The Kier molecular flexibility index (Phi) is 5.52. The predicted octanol–water partition coefficient (Wildman–Crippen LogP) is 3.00. The molecule has 1 aliphatic heterocycles. The quantitative estimate of drug-likeness (QED) is 0.443. The Labute approximate surface area is 204 Å². The first-order valence-corrected chi connectivity index (χ1v) is 11.8. The number of thiophene rings is 1. The van der Waals surface area contributed by atoms with Gasteiger partial charge < -0.3 is 10.1 Å². The molecule has 0 fully saturated rings. The van der Waals surface area contributed by atoms with Crippen molar-refractivity contribution in [2.75, 3.05) is 12.4 Å². The summed E-state index contributed by atoms with van der Waals surface area (Å²) in [5, 5.41) is 9.91. The van der Waals surface area contributed by atoms with E-state index in [0.29, 0.717) is 28.3 Å². The van der Waals surface area contributed by atoms with Crippen LogP contribution in [0.5, 0.6) is 0 Å². The van der Waals surface area contributed by atoms with Crippen LogP contribution < -0.4 is 16.6 Å². The smallest absolute Gasteiger partial charge is 0.336 e. The molecule has 0 radical (unpaired) electrons. The third-order valence-corrected chi connectivity index (χ3v) is 7.10. The van der Waals surface area contributed by atoms with Crippen LogP contribution in [0.25, 0.3) is 16.3 Å². The highest BCUT2D eigenvalue weighted by Gasteiger charge is 2.39. The second-order valence-corrected chi connectivity index (χ2v) is 9.19. The van der Waals surface area contributed by atoms with Crippen molar-refractivity contribution in [1.82, 2.24) is 18.9 Å². The van der Waals surface area contributed by atoms with Crippen molar-refractivity contribution in [2.24, 2.45) is 14.1 Å². The molecule has 10 heteroatoms. The number of aromatic nitrogens is 4. The zero-order valence-corrected chi connectivity index (χ0v) is 20.4. The Hall–Kier alpha value is -4.18. The Balaban J connectivity index is 1.88. The number of anilines is 1. The van der Waals surface area contributed by atoms with Crippen molar-refractivity contribution >= 4 is 23.1 Å². The lowest BCUT2D eigenvalue weighted by atomic mass is 9.82. The number of hydrogen-bond acceptors (Lipinski definition) is 7. The van der Waals surface area contributed by atoms with Gasteiger partial charge >= 0.3 is 11.7 Å². The molecular weight excluding hydrogens is 466 g/mol. The minimum Gasteiger partial charge on any atom is -0.466 e. The largest absolute Gasteiger partial charge is 0.466 e. The first kappa shape index (κ1) is 22.6. The lowest BCUT2D eigenvalue weighted by Crippen LogP contribution is -2.43. The maximum Gasteiger partial charge on any atom is 0.336 e. The van der Waals surface area contributed by atoms with Gasteiger partial charge in [-0.2, -0.15) is 5.10 Å². The van der Waals surface area contributed by atoms with E-state index in [1.807, 2.05) is 54.0 Å². The van der Waals surface area contributed by atoms with Gasteiger partial charge in [0.05, 0.1) is 34.7 Å². The summed E-state index contributed by atoms with van der Waals surface area (Å²) in [6.07, 6.45) is 1.84. The van der Waals surface area contributed by atoms with E-state index < -0.39 is 23.1 Å². The molecule has 0 aliphatic carbocycles. The van der Waals surface area contributed by atoms with Gasteiger partial charge in [-0.1, -0.05) is 24.3 Å². The summed E-state index contributed by atoms with van der Waals surface area (Å²) in [7, 11) is 4.33. The van der Waals surface area contributed by atoms with Gasteiger partial charge in [0, 0.05) is 31.6 Å². The van der Waals surface area contributed by atoms with E-state index in [4.69, 9.17) is 9.84 Å². The summed E-state index contributed by atoms with van der Waals surface area (Å²) in [5.41, 5.74) is 2.27. The molecule has 0 saturated carbocycles. The molecule has 0 spiro atoms. The molecule has 35 heavy (non-hydrogen) atoms. The van der Waals surface area contributed by atoms with E-state index >= 15 is 0 Å². The standard InChI is InChI=1S/C25H23N5O4S/c1-14-18(24(32)34-4)19(20-22(26-14)28(2)25(33)29(3)23(20)31)16-13-30(15-9-6-5-7-10-15)27-21(16)17-11-8-12-35-17/h5-13,19,26H,1-4H3. The highest BCUT2D eigenvalue weighted by molar-refractivity contribution is 7.13. The third kappa shape index (κ3) is 3.53. The number of ether oxygens (including phenoxy) is 1. The minimum atomic E-state index is -0.807. The molecule has 1 aromatic carbocycles. The maximum atomic E-state index is 13.5. The second-order valence-electron chi connectivity index (χ2n) is 8.25. The summed E-state index contributed by atoms with van der Waals surface area (Å²) in [5.74, 6) is -1.03. The fourth-order valence-electron chi connectivity index (χ4n) is 4.50. The van der Waals surface area contributed by atoms with Gasteiger partial charge in [-0.15, -0.1) is 11.3 Å². The SMILES string of the molecule is COC(=O)C1=C(C)Nc2c(c(=O)n(C)c(=O)n2C)C1c1cn(-c2ccccc2)nc1-c1cccs1. The van der Waals surface area contributed by atoms with E-state index in [2.05, 4.69) is 5.32 Å². The van der Waals surface area contributed by atoms with Crippen LogP contribution in [0.15, 0.2) is 74.9 Å². The van der Waals surface area contributed by atoms with Crippen molar-refractivity contribution in [3.05, 3.63) is 97.3 Å². The molecule has 1 atom stereocenters. The van der Waals surface area contributed by atoms with E-state index in [1.165, 1.54) is 30.1 Å². The number of nitrogens with zero attached hydrogens (tertiary/aromatic N) is 4. The van der Waals surface area contributed by atoms with Crippen LogP contribution >= 0.6 is 11.3 Å². The third-order valence-electron chi connectivity index (χ3n) is 6.22. The van der Waals surface area contributed by atoms with Gasteiger partial charge in [-0.25, -0.2) is 14.3 Å². The molecule has 0 bridgehead atoms. The molecule has 4 heterocycles. The Morgan fingerprint density at radius 1 is 1.09 bits per heavy atom. The van der Waals surface area contributed by atoms with Crippen molar-refractivity contribution in [3.8, 4) is 16.3 Å². The highest BCUT2D eigenvalue weighted by atomic mass is 32.1. The zero-order valence-electron chi connectivity index (χ0n) is 19.6. The molecule has 4 aromatic rings. The lowest BCUT2D eigenvalue weighted by Gasteiger charge is -2.30. The van der Waals surface area contributed by atoms with Crippen LogP contribution in [-0.4, -0.2) is 32.0 Å². The van der Waals surface area contributed by atoms with Gasteiger partial charge in [0.2, 0.25) is 0 Å². The number of fused-ring (bicyclic) bond motifs is 1. The summed E-state index contributed by atoms with van der Waals surface area (Å²) < 4.78 is 9.31. The van der Waals surface area contributed by atoms with E-state index in [0.717, 1.165) is 15.1 Å². The average molecular weight is 490 g/mol. The number of carbonyl (C=O) groups excluding carboxylic acids is 1. The maximum absolute atomic E-state index is 13.5. The van der Waals surface area contributed by atoms with Crippen molar-refractivity contribution in [2.45, 2.75) is 12.8 Å². The monoisotopic (exact) mass is 489 g/mol. The van der Waals surface area contributed by atoms with Crippen molar-refractivity contribution in [1.29, 1.82) is 0 Å². The van der Waals surface area contributed by atoms with Crippen LogP contribution in [0.2, 0.25) is 0 Å². The fraction of sp³-hybridized carbons (Fsp3) is 0.200. The number of benzene rings is 1. The summed E-state index contributed by atoms with van der Waals surface area (Å²) in [6.45, 7) is 1.73. The van der Waals surface area contributed by atoms with E-state index in [-0.39, 0.29) is 5.56 Å². The van der Waals surface area contributed by atoms with Gasteiger partial charge in [0.25, 0.3) is 5.56 Å². The van der Waals surface area contributed by atoms with Gasteiger partial charge in [0.1, 0.15) is 11.5 Å². The molecule has 0 saturated heterocycles. The van der Waals surface area contributed by atoms with Gasteiger partial charge in [-0.05, 0) is 30.5 Å². The normalized spacial score (nSPS) is 15.0. The van der Waals surface area contributed by atoms with E-state index in [9.17, 15) is 14.4 Å². The van der Waals surface area contributed by atoms with Crippen LogP contribution in [0, 0.1) is 0 Å². The Morgan fingerprint density at radius 3 is 2.49 bits per heavy atom. The molecule has 1 unspecified atom stereocenters. The first-order chi connectivity index (χ1) is 16.8.